The Hall–Kier alpha value is -5.37. The number of nitrogens with two attached hydrogens (primary N) is 1. The van der Waals surface area contributed by atoms with Crippen molar-refractivity contribution in [2.45, 2.75) is 86.5 Å². The molecule has 0 radical (unpaired) electrons. The van der Waals surface area contributed by atoms with E-state index < -0.39 is 79.2 Å². The number of benzene rings is 3. The maximum absolute atomic E-state index is 13.7. The predicted molar refractivity (Wildman–Crippen MR) is 217 cm³/mol. The predicted octanol–water partition coefficient (Wildman–Crippen LogP) is -0.0119. The van der Waals surface area contributed by atoms with E-state index in [4.69, 9.17) is 15.6 Å². The first-order valence-corrected chi connectivity index (χ1v) is 23.1. The number of carboxylic acid groups (broad SMARTS) is 1. The van der Waals surface area contributed by atoms with Gasteiger partial charge in [-0.1, -0.05) is 6.07 Å². The van der Waals surface area contributed by atoms with Crippen LogP contribution < -0.4 is 45.9 Å². The fraction of sp³-hybridized carbons (Fsp3) is 0.439. The molecule has 0 saturated heterocycles. The van der Waals surface area contributed by atoms with Gasteiger partial charge in [-0.05, 0) is 74.8 Å². The molecule has 5 heterocycles. The first kappa shape index (κ1) is 41.4. The molecule has 0 spiro atoms. The molecule has 0 fully saturated rings. The number of carbonyl (C=O) groups excluding carboxylic acids is 3. The molecular formula is C41H47N6O11S2+. The summed E-state index contributed by atoms with van der Waals surface area (Å²) in [5.74, 6) is -2.45. The molecule has 8 rings (SSSR count). The average Bonchev–Trinajstić information content (AvgIpc) is 3.20. The topological polar surface area (TPSA) is 255 Å². The van der Waals surface area contributed by atoms with Crippen LogP contribution in [0.5, 0.6) is 11.5 Å². The van der Waals surface area contributed by atoms with Gasteiger partial charge in [-0.2, -0.15) is 8.42 Å². The van der Waals surface area contributed by atoms with Crippen LogP contribution in [0.15, 0.2) is 40.1 Å². The van der Waals surface area contributed by atoms with Gasteiger partial charge in [0.25, 0.3) is 10.1 Å². The summed E-state index contributed by atoms with van der Waals surface area (Å²) in [5, 5.41) is 15.2. The lowest BCUT2D eigenvalue weighted by Crippen LogP contribution is -2.48. The van der Waals surface area contributed by atoms with Crippen LogP contribution in [0.4, 0.5) is 5.69 Å². The average molecular weight is 864 g/mol. The van der Waals surface area contributed by atoms with Gasteiger partial charge in [-0.25, -0.2) is 17.7 Å². The summed E-state index contributed by atoms with van der Waals surface area (Å²) in [4.78, 5) is 48.8. The van der Waals surface area contributed by atoms with Gasteiger partial charge in [0.05, 0.1) is 10.5 Å². The van der Waals surface area contributed by atoms with E-state index in [0.29, 0.717) is 27.9 Å². The smallest absolute Gasteiger partial charge is 0.322 e. The van der Waals surface area contributed by atoms with Gasteiger partial charge in [0, 0.05) is 84.1 Å². The Morgan fingerprint density at radius 3 is 2.32 bits per heavy atom. The summed E-state index contributed by atoms with van der Waals surface area (Å²) in [7, 11) is -9.54. The van der Waals surface area contributed by atoms with E-state index in [1.165, 1.54) is 23.2 Å². The van der Waals surface area contributed by atoms with Gasteiger partial charge in [-0.15, -0.1) is 0 Å². The van der Waals surface area contributed by atoms with Crippen molar-refractivity contribution in [3.63, 3.8) is 0 Å². The van der Waals surface area contributed by atoms with Crippen LogP contribution in [0.2, 0.25) is 0 Å². The van der Waals surface area contributed by atoms with Gasteiger partial charge in [0.1, 0.15) is 42.1 Å². The summed E-state index contributed by atoms with van der Waals surface area (Å²) in [6.07, 6.45) is 5.96. The van der Waals surface area contributed by atoms with Crippen molar-refractivity contribution in [2.75, 3.05) is 44.2 Å². The third-order valence-corrected chi connectivity index (χ3v) is 14.2. The molecule has 17 nitrogen and oxygen atoms in total. The summed E-state index contributed by atoms with van der Waals surface area (Å²) < 4.78 is 76.7. The normalized spacial score (nSPS) is 17.0. The molecule has 0 bridgehead atoms. The van der Waals surface area contributed by atoms with E-state index in [0.717, 1.165) is 106 Å². The monoisotopic (exact) mass is 863 g/mol. The number of hydrogen-bond donors (Lipinski definition) is 6. The highest BCUT2D eigenvalue weighted by Crippen LogP contribution is 2.49. The Bertz CT molecular complexity index is 2710. The van der Waals surface area contributed by atoms with Crippen molar-refractivity contribution in [3.8, 4) is 11.5 Å². The van der Waals surface area contributed by atoms with Gasteiger partial charge < -0.3 is 31.1 Å². The summed E-state index contributed by atoms with van der Waals surface area (Å²) >= 11 is 0. The number of fused-ring (bicyclic) bond motifs is 4. The maximum Gasteiger partial charge on any atom is 0.322 e. The molecule has 5 aliphatic rings. The number of hydrogen-bond acceptors (Lipinski definition) is 10. The van der Waals surface area contributed by atoms with Crippen molar-refractivity contribution in [1.29, 1.82) is 0 Å². The highest BCUT2D eigenvalue weighted by Gasteiger charge is 2.37. The fourth-order valence-corrected chi connectivity index (χ4v) is 11.2. The van der Waals surface area contributed by atoms with Gasteiger partial charge in [0.15, 0.2) is 0 Å². The van der Waals surface area contributed by atoms with E-state index in [-0.39, 0.29) is 18.4 Å². The van der Waals surface area contributed by atoms with Crippen molar-refractivity contribution in [1.82, 2.24) is 19.9 Å². The van der Waals surface area contributed by atoms with Crippen LogP contribution in [0.3, 0.4) is 0 Å². The van der Waals surface area contributed by atoms with Gasteiger partial charge in [0.2, 0.25) is 33.1 Å². The largest absolute Gasteiger partial charge is 0.480 e. The van der Waals surface area contributed by atoms with Gasteiger partial charge in [-0.3, -0.25) is 23.7 Å². The molecule has 3 amide bonds. The molecule has 318 valence electrons. The number of ether oxygens (including phenoxy) is 1. The zero-order valence-electron chi connectivity index (χ0n) is 32.8. The highest BCUT2D eigenvalue weighted by molar-refractivity contribution is 7.89. The Morgan fingerprint density at radius 1 is 0.867 bits per heavy atom. The lowest BCUT2D eigenvalue weighted by atomic mass is 9.82. The van der Waals surface area contributed by atoms with Crippen molar-refractivity contribution in [3.05, 3.63) is 74.3 Å². The lowest BCUT2D eigenvalue weighted by Gasteiger charge is -2.39. The number of carboxylic acids is 1. The number of anilines is 1. The molecule has 60 heavy (non-hydrogen) atoms. The fourth-order valence-electron chi connectivity index (χ4n) is 9.38. The van der Waals surface area contributed by atoms with Crippen LogP contribution in [0.1, 0.15) is 78.3 Å². The van der Waals surface area contributed by atoms with Crippen molar-refractivity contribution in [2.24, 2.45) is 5.73 Å². The number of aryl methyl sites for hydroxylation is 2. The van der Waals surface area contributed by atoms with Crippen molar-refractivity contribution >= 4 is 55.1 Å². The first-order valence-electron chi connectivity index (χ1n) is 20.2. The second-order valence-corrected chi connectivity index (χ2v) is 19.0. The minimum absolute atomic E-state index is 0.121. The summed E-state index contributed by atoms with van der Waals surface area (Å²) in [6, 6.07) is 6.38. The quantitative estimate of drug-likeness (QED) is 0.0724. The molecule has 0 aromatic heterocycles. The van der Waals surface area contributed by atoms with Crippen LogP contribution in [-0.2, 0) is 65.0 Å². The number of nitrogens with zero attached hydrogens (tertiary/aromatic N) is 2. The molecule has 3 aromatic rings. The van der Waals surface area contributed by atoms with E-state index in [1.54, 1.807) is 0 Å². The molecule has 19 heteroatoms. The third kappa shape index (κ3) is 7.98. The van der Waals surface area contributed by atoms with E-state index in [9.17, 15) is 40.6 Å². The molecule has 0 saturated carbocycles. The Labute approximate surface area is 346 Å². The number of aliphatic carboxylic acids is 1. The number of amides is 3. The zero-order valence-corrected chi connectivity index (χ0v) is 34.5. The molecular weight excluding hydrogens is 817 g/mol. The Morgan fingerprint density at radius 2 is 1.58 bits per heavy atom. The highest BCUT2D eigenvalue weighted by atomic mass is 32.2. The number of primary amides is 1. The van der Waals surface area contributed by atoms with Crippen LogP contribution in [-0.4, -0.2) is 95.5 Å². The molecule has 5 aliphatic heterocycles. The molecule has 7 N–H and O–H groups in total. The van der Waals surface area contributed by atoms with E-state index in [1.807, 2.05) is 0 Å². The Balaban J connectivity index is 1.17. The molecule has 3 aromatic carbocycles. The standard InChI is InChI=1S/C41H46N6O11S2/c42-33(48)12-11-31(41(52)43-22-35(50)51)45-34(49)13-14-44-59(53,54)25-9-10-26(32(21-25)60(55,56)57)36-29-19-23-5-1-15-46-17-3-7-27(37(23)46)39(29)58-40-28-8-4-18-47-16-2-6-24(38(28)47)20-30(36)40/h9-10,19-21,31,44H,1-8,11-18,22H2,(H5-,42,43,45,48,49,50,51,52,55,56,57)/p+1. The van der Waals surface area contributed by atoms with E-state index >= 15 is 0 Å². The van der Waals surface area contributed by atoms with Crippen LogP contribution in [0.25, 0.3) is 5.57 Å². The maximum atomic E-state index is 13.7. The Kier molecular flexibility index (Phi) is 11.2. The molecule has 1 atom stereocenters. The molecule has 0 aliphatic carbocycles. The zero-order chi connectivity index (χ0) is 42.5. The summed E-state index contributed by atoms with van der Waals surface area (Å²) in [5.41, 5.74) is 12.1. The minimum atomic E-state index is -5.05. The van der Waals surface area contributed by atoms with Gasteiger partial charge >= 0.3 is 5.97 Å². The number of nitrogens with one attached hydrogen (secondary N) is 3. The van der Waals surface area contributed by atoms with Crippen molar-refractivity contribution < 1.29 is 50.4 Å². The SMILES string of the molecule is NC(=O)CCC(NC(=O)CCNS(=O)(=O)c1ccc(C2=c3cc4c5c(c3Oc3c2cc2c6c3CCCN6CCC2)CCC[N+]=5CCC4)c(S(=O)(=O)O)c1)C(=O)NCC(=O)O. The van der Waals surface area contributed by atoms with Crippen LogP contribution >= 0.6 is 0 Å². The number of carbonyl (C=O) groups is 4. The second-order valence-electron chi connectivity index (χ2n) is 15.9. The second kappa shape index (κ2) is 16.2. The summed E-state index contributed by atoms with van der Waals surface area (Å²) in [6.45, 7) is 2.52. The molecule has 1 unspecified atom stereocenters. The number of rotatable bonds is 14. The van der Waals surface area contributed by atoms with E-state index in [2.05, 4.69) is 37.0 Å². The first-order chi connectivity index (χ1) is 28.6. The minimum Gasteiger partial charge on any atom is -0.480 e. The van der Waals surface area contributed by atoms with Crippen LogP contribution in [0, 0.1) is 0 Å². The lowest BCUT2D eigenvalue weighted by molar-refractivity contribution is -0.138. The number of sulfonamides is 1. The third-order valence-electron chi connectivity index (χ3n) is 11.9.